The summed E-state index contributed by atoms with van der Waals surface area (Å²) in [6.45, 7) is 0. The molecular formula is C46H29N3. The van der Waals surface area contributed by atoms with E-state index in [1.54, 1.807) is 0 Å². The lowest BCUT2D eigenvalue weighted by atomic mass is 10.0. The Balaban J connectivity index is 1.33. The number of hydrogen-bond donors (Lipinski definition) is 0. The fraction of sp³-hybridized carbons (Fsp3) is 0. The van der Waals surface area contributed by atoms with Crippen LogP contribution in [0.3, 0.4) is 0 Å². The van der Waals surface area contributed by atoms with Crippen molar-refractivity contribution in [2.75, 3.05) is 0 Å². The van der Waals surface area contributed by atoms with Crippen LogP contribution in [0.15, 0.2) is 176 Å². The van der Waals surface area contributed by atoms with Crippen molar-refractivity contribution in [3.63, 3.8) is 0 Å². The fourth-order valence-corrected chi connectivity index (χ4v) is 8.47. The topological polar surface area (TPSA) is 14.8 Å². The molecule has 8 aromatic carbocycles. The van der Waals surface area contributed by atoms with Crippen molar-refractivity contribution in [2.24, 2.45) is 0 Å². The van der Waals surface area contributed by atoms with Crippen LogP contribution in [-0.2, 0) is 0 Å². The van der Waals surface area contributed by atoms with Gasteiger partial charge in [-0.1, -0.05) is 115 Å². The normalized spacial score (nSPS) is 12.1. The monoisotopic (exact) mass is 623 g/mol. The minimum absolute atomic E-state index is 1.16. The van der Waals surface area contributed by atoms with Crippen LogP contribution < -0.4 is 0 Å². The summed E-state index contributed by atoms with van der Waals surface area (Å²) in [7, 11) is 0. The van der Waals surface area contributed by atoms with Gasteiger partial charge >= 0.3 is 0 Å². The molecular weight excluding hydrogens is 595 g/mol. The van der Waals surface area contributed by atoms with Gasteiger partial charge in [0.15, 0.2) is 0 Å². The van der Waals surface area contributed by atoms with Crippen molar-refractivity contribution in [1.29, 1.82) is 0 Å². The number of hydrogen-bond acceptors (Lipinski definition) is 0. The van der Waals surface area contributed by atoms with Gasteiger partial charge in [0.2, 0.25) is 0 Å². The van der Waals surface area contributed by atoms with E-state index in [1.807, 2.05) is 0 Å². The van der Waals surface area contributed by atoms with Gasteiger partial charge in [0.1, 0.15) is 0 Å². The summed E-state index contributed by atoms with van der Waals surface area (Å²) in [6, 6.07) is 64.1. The quantitative estimate of drug-likeness (QED) is 0.186. The van der Waals surface area contributed by atoms with Crippen LogP contribution in [0.1, 0.15) is 0 Å². The van der Waals surface area contributed by atoms with Gasteiger partial charge < -0.3 is 13.7 Å². The van der Waals surface area contributed by atoms with Crippen molar-refractivity contribution in [1.82, 2.24) is 13.7 Å². The molecule has 0 N–H and O–H groups in total. The van der Waals surface area contributed by atoms with Crippen LogP contribution in [0.5, 0.6) is 0 Å². The Morgan fingerprint density at radius 3 is 1.47 bits per heavy atom. The molecule has 0 radical (unpaired) electrons. The molecule has 3 nitrogen and oxygen atoms in total. The molecule has 0 aliphatic rings. The maximum atomic E-state index is 2.50. The molecule has 3 heteroatoms. The highest BCUT2D eigenvalue weighted by Gasteiger charge is 2.23. The first-order chi connectivity index (χ1) is 24.4. The van der Waals surface area contributed by atoms with Gasteiger partial charge in [-0.05, 0) is 66.0 Å². The minimum Gasteiger partial charge on any atom is -0.309 e. The third-order valence-electron chi connectivity index (χ3n) is 10.4. The molecule has 0 atom stereocenters. The Morgan fingerprint density at radius 2 is 0.776 bits per heavy atom. The maximum Gasteiger partial charge on any atom is 0.0620 e. The van der Waals surface area contributed by atoms with Crippen molar-refractivity contribution >= 4 is 76.2 Å². The molecule has 11 aromatic rings. The average Bonchev–Trinajstić information content (AvgIpc) is 3.81. The van der Waals surface area contributed by atoms with E-state index in [2.05, 4.69) is 190 Å². The van der Waals surface area contributed by atoms with Gasteiger partial charge in [0.05, 0.1) is 38.8 Å². The molecule has 11 rings (SSSR count). The second-order valence-corrected chi connectivity index (χ2v) is 12.9. The number of fused-ring (bicyclic) bond motifs is 12. The SMILES string of the molecule is c1ccc(-n2c3ccccc3c3c4c5ccccc5n(-c5cccc6c5c5ccc7ccccc7c5n6-c5ccccc5)c4ccc32)cc1. The van der Waals surface area contributed by atoms with Crippen LogP contribution in [0.25, 0.3) is 93.3 Å². The Labute approximate surface area is 282 Å². The van der Waals surface area contributed by atoms with Gasteiger partial charge in [0.25, 0.3) is 0 Å². The second-order valence-electron chi connectivity index (χ2n) is 12.9. The lowest BCUT2D eigenvalue weighted by Gasteiger charge is -2.12. The molecule has 0 spiro atoms. The van der Waals surface area contributed by atoms with Gasteiger partial charge in [0, 0.05) is 49.1 Å². The van der Waals surface area contributed by atoms with E-state index < -0.39 is 0 Å². The summed E-state index contributed by atoms with van der Waals surface area (Å²) < 4.78 is 7.37. The molecule has 0 unspecified atom stereocenters. The average molecular weight is 624 g/mol. The maximum absolute atomic E-state index is 2.50. The molecule has 0 fully saturated rings. The number of para-hydroxylation sites is 4. The van der Waals surface area contributed by atoms with Crippen molar-refractivity contribution < 1.29 is 0 Å². The highest BCUT2D eigenvalue weighted by molar-refractivity contribution is 6.30. The largest absolute Gasteiger partial charge is 0.309 e. The standard InChI is InChI=1S/C46H29N3/c1-3-15-31(16-4-1)47-37-22-11-9-20-34(37)44-41(47)28-29-42-45(44)35-21-10-12-23-38(35)49(42)40-25-13-24-39-43(40)36-27-26-30-14-7-8-19-33(30)46(36)48(39)32-17-5-2-6-18-32/h1-29H. The molecule has 0 amide bonds. The summed E-state index contributed by atoms with van der Waals surface area (Å²) in [5.41, 5.74) is 10.8. The van der Waals surface area contributed by atoms with E-state index in [0.717, 1.165) is 5.69 Å². The van der Waals surface area contributed by atoms with Crippen LogP contribution in [0.2, 0.25) is 0 Å². The highest BCUT2D eigenvalue weighted by Crippen LogP contribution is 2.45. The first-order valence-electron chi connectivity index (χ1n) is 16.9. The third kappa shape index (κ3) is 3.56. The van der Waals surface area contributed by atoms with Gasteiger partial charge in [-0.15, -0.1) is 0 Å². The highest BCUT2D eigenvalue weighted by atomic mass is 15.0. The zero-order valence-electron chi connectivity index (χ0n) is 26.6. The molecule has 0 saturated heterocycles. The van der Waals surface area contributed by atoms with Crippen molar-refractivity contribution in [3.8, 4) is 17.1 Å². The first kappa shape index (κ1) is 26.5. The van der Waals surface area contributed by atoms with Crippen molar-refractivity contribution in [3.05, 3.63) is 176 Å². The number of aromatic nitrogens is 3. The number of nitrogens with zero attached hydrogens (tertiary/aromatic N) is 3. The molecule has 3 heterocycles. The van der Waals surface area contributed by atoms with Crippen LogP contribution >= 0.6 is 0 Å². The van der Waals surface area contributed by atoms with Gasteiger partial charge in [-0.25, -0.2) is 0 Å². The summed E-state index contributed by atoms with van der Waals surface area (Å²) in [5.74, 6) is 0. The third-order valence-corrected chi connectivity index (χ3v) is 10.4. The van der Waals surface area contributed by atoms with Crippen LogP contribution in [0.4, 0.5) is 0 Å². The Bertz CT molecular complexity index is 3090. The van der Waals surface area contributed by atoms with Crippen molar-refractivity contribution in [2.45, 2.75) is 0 Å². The number of benzene rings is 8. The first-order valence-corrected chi connectivity index (χ1v) is 16.9. The molecule has 228 valence electrons. The van der Waals surface area contributed by atoms with E-state index in [1.165, 1.54) is 87.6 Å². The van der Waals surface area contributed by atoms with Gasteiger partial charge in [-0.2, -0.15) is 0 Å². The summed E-state index contributed by atoms with van der Waals surface area (Å²) in [5, 5.41) is 10.1. The molecule has 49 heavy (non-hydrogen) atoms. The smallest absolute Gasteiger partial charge is 0.0620 e. The zero-order valence-corrected chi connectivity index (χ0v) is 26.6. The number of rotatable bonds is 3. The summed E-state index contributed by atoms with van der Waals surface area (Å²) >= 11 is 0. The minimum atomic E-state index is 1.16. The van der Waals surface area contributed by atoms with E-state index in [4.69, 9.17) is 0 Å². The predicted molar refractivity (Wildman–Crippen MR) is 207 cm³/mol. The van der Waals surface area contributed by atoms with E-state index in [-0.39, 0.29) is 0 Å². The molecule has 0 aliphatic carbocycles. The summed E-state index contributed by atoms with van der Waals surface area (Å²) in [6.07, 6.45) is 0. The Hall–Kier alpha value is -6.58. The Kier molecular flexibility index (Phi) is 5.38. The van der Waals surface area contributed by atoms with E-state index in [9.17, 15) is 0 Å². The predicted octanol–water partition coefficient (Wildman–Crippen LogP) is 12.1. The lowest BCUT2D eigenvalue weighted by molar-refractivity contribution is 1.17. The van der Waals surface area contributed by atoms with Gasteiger partial charge in [-0.3, -0.25) is 0 Å². The molecule has 0 bridgehead atoms. The molecule has 0 saturated carbocycles. The Morgan fingerprint density at radius 1 is 0.265 bits per heavy atom. The molecule has 3 aromatic heterocycles. The zero-order chi connectivity index (χ0) is 32.1. The molecule has 0 aliphatic heterocycles. The van der Waals surface area contributed by atoms with E-state index >= 15 is 0 Å². The fourth-order valence-electron chi connectivity index (χ4n) is 8.47. The lowest BCUT2D eigenvalue weighted by Crippen LogP contribution is -1.97. The second kappa shape index (κ2) is 9.96. The van der Waals surface area contributed by atoms with Crippen LogP contribution in [-0.4, -0.2) is 13.7 Å². The van der Waals surface area contributed by atoms with Crippen LogP contribution in [0, 0.1) is 0 Å². The summed E-state index contributed by atoms with van der Waals surface area (Å²) in [4.78, 5) is 0. The van der Waals surface area contributed by atoms with E-state index in [0.29, 0.717) is 0 Å².